The van der Waals surface area contributed by atoms with Crippen LogP contribution in [0.2, 0.25) is 0 Å². The summed E-state index contributed by atoms with van der Waals surface area (Å²) in [6.45, 7) is 5.30. The van der Waals surface area contributed by atoms with E-state index in [1.54, 1.807) is 0 Å². The fourth-order valence-corrected chi connectivity index (χ4v) is 3.51. The lowest BCUT2D eigenvalue weighted by molar-refractivity contribution is 0.155. The van der Waals surface area contributed by atoms with Gasteiger partial charge in [-0.15, -0.1) is 0 Å². The fraction of sp³-hybridized carbons (Fsp3) is 0.389. The van der Waals surface area contributed by atoms with E-state index in [1.807, 2.05) is 0 Å². The lowest BCUT2D eigenvalue weighted by Gasteiger charge is -2.35. The van der Waals surface area contributed by atoms with E-state index in [1.165, 1.54) is 16.3 Å². The van der Waals surface area contributed by atoms with Gasteiger partial charge in [-0.25, -0.2) is 0 Å². The van der Waals surface area contributed by atoms with Crippen molar-refractivity contribution in [2.24, 2.45) is 0 Å². The van der Waals surface area contributed by atoms with Gasteiger partial charge in [-0.2, -0.15) is 5.26 Å². The molecule has 2 aromatic carbocycles. The number of nitriles is 1. The van der Waals surface area contributed by atoms with Crippen molar-refractivity contribution in [3.8, 4) is 6.07 Å². The van der Waals surface area contributed by atoms with E-state index in [0.29, 0.717) is 0 Å². The molecule has 0 aliphatic carbocycles. The van der Waals surface area contributed by atoms with Gasteiger partial charge in [0.15, 0.2) is 0 Å². The van der Waals surface area contributed by atoms with Crippen molar-refractivity contribution < 1.29 is 0 Å². The SMILES string of the molecule is CC(c1cccc2ccccc12)N1CCCC1(C)C#N. The van der Waals surface area contributed by atoms with Gasteiger partial charge in [-0.1, -0.05) is 42.5 Å². The van der Waals surface area contributed by atoms with E-state index in [-0.39, 0.29) is 11.6 Å². The molecular formula is C18H20N2. The zero-order valence-electron chi connectivity index (χ0n) is 12.1. The van der Waals surface area contributed by atoms with E-state index in [2.05, 4.69) is 67.3 Å². The Balaban J connectivity index is 2.05. The molecule has 3 rings (SSSR count). The molecule has 0 saturated carbocycles. The van der Waals surface area contributed by atoms with Crippen LogP contribution in [0.1, 0.15) is 38.3 Å². The van der Waals surface area contributed by atoms with Crippen LogP contribution >= 0.6 is 0 Å². The van der Waals surface area contributed by atoms with Crippen LogP contribution in [0.15, 0.2) is 42.5 Å². The zero-order chi connectivity index (χ0) is 14.2. The summed E-state index contributed by atoms with van der Waals surface area (Å²) < 4.78 is 0. The predicted molar refractivity (Wildman–Crippen MR) is 82.3 cm³/mol. The van der Waals surface area contributed by atoms with E-state index in [4.69, 9.17) is 0 Å². The number of fused-ring (bicyclic) bond motifs is 1. The normalized spacial score (nSPS) is 24.6. The van der Waals surface area contributed by atoms with Gasteiger partial charge in [0.05, 0.1) is 6.07 Å². The highest BCUT2D eigenvalue weighted by Crippen LogP contribution is 2.38. The second-order valence-electron chi connectivity index (χ2n) is 5.93. The van der Waals surface area contributed by atoms with Gasteiger partial charge in [0.2, 0.25) is 0 Å². The average molecular weight is 264 g/mol. The number of hydrogen-bond donors (Lipinski definition) is 0. The van der Waals surface area contributed by atoms with Gasteiger partial charge in [-0.3, -0.25) is 4.90 Å². The Morgan fingerprint density at radius 1 is 1.20 bits per heavy atom. The topological polar surface area (TPSA) is 27.0 Å². The average Bonchev–Trinajstić information content (AvgIpc) is 2.88. The van der Waals surface area contributed by atoms with Crippen molar-refractivity contribution >= 4 is 10.8 Å². The maximum absolute atomic E-state index is 9.51. The zero-order valence-corrected chi connectivity index (χ0v) is 12.1. The first kappa shape index (κ1) is 13.1. The Bertz CT molecular complexity index is 665. The molecule has 1 heterocycles. The largest absolute Gasteiger partial charge is 0.279 e. The first-order valence-electron chi connectivity index (χ1n) is 7.31. The third kappa shape index (κ3) is 1.99. The third-order valence-electron chi connectivity index (χ3n) is 4.68. The first-order valence-corrected chi connectivity index (χ1v) is 7.31. The van der Waals surface area contributed by atoms with Gasteiger partial charge in [0, 0.05) is 12.6 Å². The Labute approximate surface area is 120 Å². The second kappa shape index (κ2) is 4.92. The quantitative estimate of drug-likeness (QED) is 0.809. The van der Waals surface area contributed by atoms with Crippen molar-refractivity contribution in [2.75, 3.05) is 6.54 Å². The first-order chi connectivity index (χ1) is 9.65. The highest BCUT2D eigenvalue weighted by atomic mass is 15.2. The van der Waals surface area contributed by atoms with Crippen LogP contribution in [-0.4, -0.2) is 17.0 Å². The Morgan fingerprint density at radius 2 is 1.95 bits per heavy atom. The highest BCUT2D eigenvalue weighted by molar-refractivity contribution is 5.86. The van der Waals surface area contributed by atoms with Crippen molar-refractivity contribution in [3.05, 3.63) is 48.0 Å². The minimum atomic E-state index is -0.323. The van der Waals surface area contributed by atoms with Crippen LogP contribution in [0.4, 0.5) is 0 Å². The molecule has 1 fully saturated rings. The van der Waals surface area contributed by atoms with Crippen molar-refractivity contribution in [3.63, 3.8) is 0 Å². The van der Waals surface area contributed by atoms with Crippen LogP contribution in [0, 0.1) is 11.3 Å². The monoisotopic (exact) mass is 264 g/mol. The molecule has 0 aromatic heterocycles. The lowest BCUT2D eigenvalue weighted by atomic mass is 9.94. The lowest BCUT2D eigenvalue weighted by Crippen LogP contribution is -2.41. The molecule has 1 aliphatic rings. The van der Waals surface area contributed by atoms with E-state index < -0.39 is 0 Å². The maximum Gasteiger partial charge on any atom is 0.106 e. The number of benzene rings is 2. The molecule has 2 aromatic rings. The van der Waals surface area contributed by atoms with Crippen LogP contribution < -0.4 is 0 Å². The molecule has 1 aliphatic heterocycles. The van der Waals surface area contributed by atoms with Crippen molar-refractivity contribution in [2.45, 2.75) is 38.3 Å². The molecule has 2 heteroatoms. The predicted octanol–water partition coefficient (Wildman–Crippen LogP) is 4.28. The van der Waals surface area contributed by atoms with Crippen LogP contribution in [0.5, 0.6) is 0 Å². The summed E-state index contributed by atoms with van der Waals surface area (Å²) in [6.07, 6.45) is 2.08. The number of nitrogens with zero attached hydrogens (tertiary/aromatic N) is 2. The molecule has 2 atom stereocenters. The fourth-order valence-electron chi connectivity index (χ4n) is 3.51. The van der Waals surface area contributed by atoms with Crippen LogP contribution in [0.3, 0.4) is 0 Å². The molecule has 102 valence electrons. The standard InChI is InChI=1S/C18H20N2/c1-14(20-12-6-11-18(20,2)13-19)16-10-5-8-15-7-3-4-9-17(15)16/h3-5,7-10,14H,6,11-12H2,1-2H3. The minimum absolute atomic E-state index is 0.272. The summed E-state index contributed by atoms with van der Waals surface area (Å²) in [6, 6.07) is 17.8. The van der Waals surface area contributed by atoms with Gasteiger partial charge in [0.1, 0.15) is 5.54 Å². The van der Waals surface area contributed by atoms with Crippen LogP contribution in [-0.2, 0) is 0 Å². The third-order valence-corrected chi connectivity index (χ3v) is 4.68. The summed E-state index contributed by atoms with van der Waals surface area (Å²) >= 11 is 0. The molecule has 2 nitrogen and oxygen atoms in total. The minimum Gasteiger partial charge on any atom is -0.279 e. The molecule has 0 N–H and O–H groups in total. The Kier molecular flexibility index (Phi) is 3.23. The Morgan fingerprint density at radius 3 is 2.75 bits per heavy atom. The molecule has 0 bridgehead atoms. The summed E-state index contributed by atoms with van der Waals surface area (Å²) in [7, 11) is 0. The van der Waals surface area contributed by atoms with Crippen molar-refractivity contribution in [1.29, 1.82) is 5.26 Å². The maximum atomic E-state index is 9.51. The molecule has 2 unspecified atom stereocenters. The number of likely N-dealkylation sites (tertiary alicyclic amines) is 1. The molecule has 20 heavy (non-hydrogen) atoms. The summed E-state index contributed by atoms with van der Waals surface area (Å²) in [5.74, 6) is 0. The number of rotatable bonds is 2. The molecule has 0 radical (unpaired) electrons. The molecule has 0 amide bonds. The summed E-state index contributed by atoms with van der Waals surface area (Å²) in [5, 5.41) is 12.1. The number of hydrogen-bond acceptors (Lipinski definition) is 2. The van der Waals surface area contributed by atoms with Gasteiger partial charge < -0.3 is 0 Å². The van der Waals surface area contributed by atoms with Crippen molar-refractivity contribution in [1.82, 2.24) is 4.90 Å². The van der Waals surface area contributed by atoms with E-state index in [9.17, 15) is 5.26 Å². The molecular weight excluding hydrogens is 244 g/mol. The Hall–Kier alpha value is -1.85. The van der Waals surface area contributed by atoms with Gasteiger partial charge >= 0.3 is 0 Å². The van der Waals surface area contributed by atoms with E-state index >= 15 is 0 Å². The van der Waals surface area contributed by atoms with Gasteiger partial charge in [0.25, 0.3) is 0 Å². The molecule has 1 saturated heterocycles. The summed E-state index contributed by atoms with van der Waals surface area (Å²) in [4.78, 5) is 2.36. The molecule has 0 spiro atoms. The smallest absolute Gasteiger partial charge is 0.106 e. The second-order valence-corrected chi connectivity index (χ2v) is 5.93. The van der Waals surface area contributed by atoms with Gasteiger partial charge in [-0.05, 0) is 43.0 Å². The van der Waals surface area contributed by atoms with E-state index in [0.717, 1.165) is 19.4 Å². The summed E-state index contributed by atoms with van der Waals surface area (Å²) in [5.41, 5.74) is 1.00. The van der Waals surface area contributed by atoms with Crippen LogP contribution in [0.25, 0.3) is 10.8 Å². The highest BCUT2D eigenvalue weighted by Gasteiger charge is 2.39.